The summed E-state index contributed by atoms with van der Waals surface area (Å²) in [5, 5.41) is 0. The molecule has 3 rings (SSSR count). The Labute approximate surface area is 238 Å². The lowest BCUT2D eigenvalue weighted by atomic mass is 9.78. The van der Waals surface area contributed by atoms with Gasteiger partial charge in [-0.2, -0.15) is 0 Å². The van der Waals surface area contributed by atoms with Crippen LogP contribution in [0, 0.1) is 28.8 Å². The highest BCUT2D eigenvalue weighted by atomic mass is 28.3. The first-order valence-corrected chi connectivity index (χ1v) is 16.8. The number of nitrogens with zero attached hydrogens (tertiary/aromatic N) is 1. The van der Waals surface area contributed by atoms with E-state index in [2.05, 4.69) is 33.9 Å². The van der Waals surface area contributed by atoms with E-state index in [4.69, 9.17) is 13.9 Å². The number of carbonyl (C=O) groups is 1. The van der Waals surface area contributed by atoms with E-state index in [1.807, 2.05) is 20.8 Å². The summed E-state index contributed by atoms with van der Waals surface area (Å²) in [7, 11) is -1.60. The molecule has 0 unspecified atom stereocenters. The normalized spacial score (nSPS) is 19.8. The minimum Gasteiger partial charge on any atom is -0.493 e. The molecule has 1 amide bonds. The molecule has 0 N–H and O–H groups in total. The van der Waals surface area contributed by atoms with Crippen molar-refractivity contribution >= 4 is 15.1 Å². The van der Waals surface area contributed by atoms with Gasteiger partial charge in [-0.15, -0.1) is 0 Å². The molecule has 0 aromatic heterocycles. The van der Waals surface area contributed by atoms with Gasteiger partial charge in [-0.05, 0) is 106 Å². The van der Waals surface area contributed by atoms with Crippen molar-refractivity contribution < 1.29 is 31.9 Å². The van der Waals surface area contributed by atoms with Crippen molar-refractivity contribution in [3.63, 3.8) is 0 Å². The minimum absolute atomic E-state index is 0.0469. The van der Waals surface area contributed by atoms with E-state index in [0.29, 0.717) is 49.1 Å². The molecule has 0 bridgehead atoms. The van der Waals surface area contributed by atoms with Crippen LogP contribution in [0.15, 0.2) is 36.4 Å². The second-order valence-corrected chi connectivity index (χ2v) is 15.4. The molecule has 1 aliphatic rings. The molecule has 1 fully saturated rings. The smallest absolute Gasteiger partial charge is 0.412 e. The zero-order valence-electron chi connectivity index (χ0n) is 25.1. The predicted octanol–water partition coefficient (Wildman–Crippen LogP) is 7.66. The third-order valence-corrected chi connectivity index (χ3v) is 8.10. The number of likely N-dealkylation sites (tertiary alicyclic amines) is 1. The van der Waals surface area contributed by atoms with Crippen LogP contribution in [0.2, 0.25) is 13.1 Å². The lowest BCUT2D eigenvalue weighted by Gasteiger charge is -2.40. The first-order valence-electron chi connectivity index (χ1n) is 14.0. The predicted molar refractivity (Wildman–Crippen MR) is 153 cm³/mol. The first kappa shape index (κ1) is 32.0. The molecule has 0 radical (unpaired) electrons. The van der Waals surface area contributed by atoms with Gasteiger partial charge in [-0.25, -0.2) is 18.0 Å². The van der Waals surface area contributed by atoms with Crippen molar-refractivity contribution in [3.05, 3.63) is 65.0 Å². The van der Waals surface area contributed by atoms with E-state index >= 15 is 0 Å². The lowest BCUT2D eigenvalue weighted by molar-refractivity contribution is -0.0779. The number of ether oxygens (including phenoxy) is 2. The van der Waals surface area contributed by atoms with E-state index in [-0.39, 0.29) is 17.9 Å². The number of hydrogen-bond donors (Lipinski definition) is 0. The van der Waals surface area contributed by atoms with Gasteiger partial charge in [0.25, 0.3) is 0 Å². The van der Waals surface area contributed by atoms with Crippen LogP contribution in [0.25, 0.3) is 0 Å². The summed E-state index contributed by atoms with van der Waals surface area (Å²) in [6.45, 7) is 17.0. The highest BCUT2D eigenvalue weighted by Gasteiger charge is 2.53. The van der Waals surface area contributed by atoms with Crippen LogP contribution in [-0.4, -0.2) is 44.5 Å². The Morgan fingerprint density at radius 1 is 1.00 bits per heavy atom. The van der Waals surface area contributed by atoms with Crippen molar-refractivity contribution in [1.82, 2.24) is 4.90 Å². The molecule has 1 heterocycles. The minimum atomic E-state index is -1.60. The number of aryl methyl sites for hydroxylation is 2. The first-order chi connectivity index (χ1) is 18.5. The van der Waals surface area contributed by atoms with Crippen molar-refractivity contribution in [1.29, 1.82) is 0 Å². The van der Waals surface area contributed by atoms with Gasteiger partial charge in [0, 0.05) is 13.0 Å². The summed E-state index contributed by atoms with van der Waals surface area (Å²) in [4.78, 5) is 15.2. The number of hydrogen-bond acceptors (Lipinski definition) is 4. The third kappa shape index (κ3) is 8.49. The maximum Gasteiger partial charge on any atom is 0.412 e. The van der Waals surface area contributed by atoms with Crippen molar-refractivity contribution in [2.45, 2.75) is 91.6 Å². The number of benzene rings is 2. The SMILES string of the molecule is C[SiH](C)O[C@@]1(CCOc2ccc(F)cc2CCc2ccc(F)c(F)c2)C[C@H](C(C)(C)C)CN1C(=O)OC(C)(C)C. The maximum absolute atomic E-state index is 14.2. The largest absolute Gasteiger partial charge is 0.493 e. The molecule has 0 saturated carbocycles. The van der Waals surface area contributed by atoms with E-state index in [9.17, 15) is 18.0 Å². The standard InChI is InChI=1S/C31H44F3NO4Si/c1-29(2,3)23-19-31(39-40(7)8,35(20-23)28(36)38-30(4,5)6)15-16-37-27-14-12-24(32)18-22(27)11-9-21-10-13-25(33)26(34)17-21/h10,12-14,17-18,23,40H,9,11,15-16,19-20H2,1-8H3/t23-,31-/m0/s1. The quantitative estimate of drug-likeness (QED) is 0.286. The summed E-state index contributed by atoms with van der Waals surface area (Å²) in [6, 6.07) is 8.09. The van der Waals surface area contributed by atoms with Crippen LogP contribution in [0.4, 0.5) is 18.0 Å². The van der Waals surface area contributed by atoms with Gasteiger partial charge in [0.1, 0.15) is 22.9 Å². The molecule has 0 aliphatic carbocycles. The Morgan fingerprint density at radius 2 is 1.70 bits per heavy atom. The molecule has 1 aliphatic heterocycles. The Kier molecular flexibility index (Phi) is 10.0. The van der Waals surface area contributed by atoms with Gasteiger partial charge in [0.05, 0.1) is 6.61 Å². The van der Waals surface area contributed by atoms with Crippen LogP contribution in [0.3, 0.4) is 0 Å². The highest BCUT2D eigenvalue weighted by molar-refractivity contribution is 6.48. The monoisotopic (exact) mass is 579 g/mol. The summed E-state index contributed by atoms with van der Waals surface area (Å²) in [5.41, 5.74) is -0.331. The van der Waals surface area contributed by atoms with Gasteiger partial charge < -0.3 is 13.9 Å². The van der Waals surface area contributed by atoms with E-state index in [1.165, 1.54) is 18.2 Å². The van der Waals surface area contributed by atoms with Crippen LogP contribution >= 0.6 is 0 Å². The molecule has 2 atom stereocenters. The van der Waals surface area contributed by atoms with Gasteiger partial charge in [-0.1, -0.05) is 26.8 Å². The topological polar surface area (TPSA) is 48.0 Å². The van der Waals surface area contributed by atoms with Crippen molar-refractivity contribution in [2.24, 2.45) is 11.3 Å². The number of rotatable bonds is 9. The summed E-state index contributed by atoms with van der Waals surface area (Å²) in [6.07, 6.45) is 1.46. The van der Waals surface area contributed by atoms with Gasteiger partial charge >= 0.3 is 6.09 Å². The molecule has 2 aromatic carbocycles. The van der Waals surface area contributed by atoms with E-state index in [1.54, 1.807) is 11.0 Å². The van der Waals surface area contributed by atoms with Crippen LogP contribution in [0.5, 0.6) is 5.75 Å². The van der Waals surface area contributed by atoms with E-state index in [0.717, 1.165) is 12.1 Å². The summed E-state index contributed by atoms with van der Waals surface area (Å²) in [5.74, 6) is -1.51. The molecular formula is C31H44F3NO4Si. The van der Waals surface area contributed by atoms with Gasteiger partial charge in [-0.3, -0.25) is 4.90 Å². The summed E-state index contributed by atoms with van der Waals surface area (Å²) >= 11 is 0. The average molecular weight is 580 g/mol. The van der Waals surface area contributed by atoms with Gasteiger partial charge in [0.15, 0.2) is 20.7 Å². The molecule has 40 heavy (non-hydrogen) atoms. The molecule has 2 aromatic rings. The zero-order chi connectivity index (χ0) is 29.9. The molecule has 0 spiro atoms. The highest BCUT2D eigenvalue weighted by Crippen LogP contribution is 2.45. The fourth-order valence-corrected chi connectivity index (χ4v) is 6.33. The molecule has 5 nitrogen and oxygen atoms in total. The fraction of sp³-hybridized carbons (Fsp3) is 0.581. The van der Waals surface area contributed by atoms with Gasteiger partial charge in [0.2, 0.25) is 0 Å². The fourth-order valence-electron chi connectivity index (χ4n) is 5.11. The third-order valence-electron chi connectivity index (χ3n) is 7.19. The maximum atomic E-state index is 14.2. The number of carbonyl (C=O) groups excluding carboxylic acids is 1. The molecule has 9 heteroatoms. The lowest BCUT2D eigenvalue weighted by Crippen LogP contribution is -2.53. The Hall–Kier alpha value is -2.52. The molecular weight excluding hydrogens is 535 g/mol. The van der Waals surface area contributed by atoms with Crippen LogP contribution in [-0.2, 0) is 22.0 Å². The second-order valence-electron chi connectivity index (χ2n) is 13.1. The number of amides is 1. The second kappa shape index (κ2) is 12.6. The zero-order valence-corrected chi connectivity index (χ0v) is 26.2. The molecule has 1 saturated heterocycles. The Balaban J connectivity index is 1.81. The Bertz CT molecular complexity index is 1180. The van der Waals surface area contributed by atoms with Crippen LogP contribution < -0.4 is 4.74 Å². The number of halogens is 3. The summed E-state index contributed by atoms with van der Waals surface area (Å²) < 4.78 is 59.8. The van der Waals surface area contributed by atoms with E-state index < -0.39 is 43.9 Å². The average Bonchev–Trinajstić information content (AvgIpc) is 3.19. The Morgan fingerprint density at radius 3 is 2.30 bits per heavy atom. The van der Waals surface area contributed by atoms with Crippen molar-refractivity contribution in [3.8, 4) is 5.75 Å². The molecule has 222 valence electrons. The van der Waals surface area contributed by atoms with Crippen LogP contribution in [0.1, 0.15) is 65.5 Å². The van der Waals surface area contributed by atoms with Crippen molar-refractivity contribution in [2.75, 3.05) is 13.2 Å².